The second kappa shape index (κ2) is 6.10. The fraction of sp³-hybridized carbons (Fsp3) is 0.176. The van der Waals surface area contributed by atoms with Gasteiger partial charge in [-0.2, -0.15) is 0 Å². The van der Waals surface area contributed by atoms with Crippen LogP contribution in [0.25, 0.3) is 5.57 Å². The summed E-state index contributed by atoms with van der Waals surface area (Å²) in [5.74, 6) is 0.0714. The number of aryl methyl sites for hydroxylation is 1. The highest BCUT2D eigenvalue weighted by Gasteiger charge is 2.07. The Kier molecular flexibility index (Phi) is 4.24. The van der Waals surface area contributed by atoms with Gasteiger partial charge in [-0.05, 0) is 54.7 Å². The van der Waals surface area contributed by atoms with Crippen molar-refractivity contribution in [1.29, 1.82) is 0 Å². The molecule has 19 heavy (non-hydrogen) atoms. The van der Waals surface area contributed by atoms with E-state index in [9.17, 15) is 4.79 Å². The number of hydrogen-bond donors (Lipinski definition) is 0. The van der Waals surface area contributed by atoms with Crippen molar-refractivity contribution >= 4 is 11.4 Å². The van der Waals surface area contributed by atoms with Crippen LogP contribution in [-0.4, -0.2) is 10.8 Å². The van der Waals surface area contributed by atoms with Crippen LogP contribution in [0.15, 0.2) is 54.9 Å². The molecule has 0 N–H and O–H groups in total. The molecular weight excluding hydrogens is 234 g/mol. The molecule has 2 aromatic rings. The van der Waals surface area contributed by atoms with E-state index in [1.54, 1.807) is 19.2 Å². The molecule has 0 saturated heterocycles. The molecule has 0 bridgehead atoms. The summed E-state index contributed by atoms with van der Waals surface area (Å²) in [6.45, 7) is 3.65. The van der Waals surface area contributed by atoms with E-state index >= 15 is 0 Å². The van der Waals surface area contributed by atoms with Crippen molar-refractivity contribution in [2.75, 3.05) is 0 Å². The van der Waals surface area contributed by atoms with Gasteiger partial charge in [0.05, 0.1) is 0 Å². The Balaban J connectivity index is 2.38. The average molecular weight is 251 g/mol. The van der Waals surface area contributed by atoms with E-state index in [4.69, 9.17) is 0 Å². The van der Waals surface area contributed by atoms with E-state index in [1.807, 2.05) is 30.5 Å². The second-order valence-corrected chi connectivity index (χ2v) is 4.63. The van der Waals surface area contributed by atoms with E-state index in [0.717, 1.165) is 23.1 Å². The minimum absolute atomic E-state index is 0.0714. The number of hydrogen-bond acceptors (Lipinski definition) is 2. The standard InChI is InChI=1S/C17H17NO/c1-13-6-3-4-8-17(13)16(10-14(2)19)11-15-7-5-9-18-12-15/h3-10,12H,11H2,1-2H3/b16-10-. The molecule has 1 heterocycles. The maximum absolute atomic E-state index is 11.4. The summed E-state index contributed by atoms with van der Waals surface area (Å²) >= 11 is 0. The second-order valence-electron chi connectivity index (χ2n) is 4.63. The molecule has 1 aromatic carbocycles. The normalized spacial score (nSPS) is 11.4. The van der Waals surface area contributed by atoms with Crippen molar-refractivity contribution in [2.24, 2.45) is 0 Å². The van der Waals surface area contributed by atoms with Crippen molar-refractivity contribution in [2.45, 2.75) is 20.3 Å². The molecule has 0 amide bonds. The molecule has 0 radical (unpaired) electrons. The van der Waals surface area contributed by atoms with E-state index in [-0.39, 0.29) is 5.78 Å². The average Bonchev–Trinajstić information content (AvgIpc) is 2.39. The predicted molar refractivity (Wildman–Crippen MR) is 77.8 cm³/mol. The number of benzene rings is 1. The Morgan fingerprint density at radius 3 is 2.63 bits per heavy atom. The smallest absolute Gasteiger partial charge is 0.152 e. The van der Waals surface area contributed by atoms with Crippen molar-refractivity contribution < 1.29 is 4.79 Å². The molecule has 0 aliphatic carbocycles. The number of aromatic nitrogens is 1. The first-order valence-electron chi connectivity index (χ1n) is 6.33. The molecule has 0 fully saturated rings. The topological polar surface area (TPSA) is 30.0 Å². The predicted octanol–water partition coefficient (Wildman–Crippen LogP) is 3.61. The minimum atomic E-state index is 0.0714. The van der Waals surface area contributed by atoms with E-state index in [1.165, 1.54) is 5.56 Å². The summed E-state index contributed by atoms with van der Waals surface area (Å²) in [4.78, 5) is 15.6. The molecular formula is C17H17NO. The van der Waals surface area contributed by atoms with Crippen LogP contribution in [0.1, 0.15) is 23.6 Å². The maximum atomic E-state index is 11.4. The Morgan fingerprint density at radius 1 is 1.21 bits per heavy atom. The third kappa shape index (κ3) is 3.62. The first kappa shape index (κ1) is 13.2. The number of nitrogens with zero attached hydrogens (tertiary/aromatic N) is 1. The van der Waals surface area contributed by atoms with Gasteiger partial charge in [0.15, 0.2) is 5.78 Å². The lowest BCUT2D eigenvalue weighted by Crippen LogP contribution is -1.97. The number of rotatable bonds is 4. The maximum Gasteiger partial charge on any atom is 0.152 e. The number of allylic oxidation sites excluding steroid dienone is 2. The fourth-order valence-corrected chi connectivity index (χ4v) is 2.13. The van der Waals surface area contributed by atoms with E-state index < -0.39 is 0 Å². The summed E-state index contributed by atoms with van der Waals surface area (Å²) in [5, 5.41) is 0. The molecule has 0 saturated carbocycles. The van der Waals surface area contributed by atoms with Crippen LogP contribution in [0.2, 0.25) is 0 Å². The highest BCUT2D eigenvalue weighted by atomic mass is 16.1. The lowest BCUT2D eigenvalue weighted by molar-refractivity contribution is -0.112. The zero-order valence-electron chi connectivity index (χ0n) is 11.3. The zero-order chi connectivity index (χ0) is 13.7. The van der Waals surface area contributed by atoms with Gasteiger partial charge in [0.2, 0.25) is 0 Å². The molecule has 0 aliphatic rings. The van der Waals surface area contributed by atoms with Crippen LogP contribution in [0, 0.1) is 6.92 Å². The van der Waals surface area contributed by atoms with E-state index in [2.05, 4.69) is 24.0 Å². The zero-order valence-corrected chi connectivity index (χ0v) is 11.3. The third-order valence-electron chi connectivity index (χ3n) is 2.99. The van der Waals surface area contributed by atoms with Gasteiger partial charge < -0.3 is 0 Å². The largest absolute Gasteiger partial charge is 0.295 e. The Hall–Kier alpha value is -2.22. The van der Waals surface area contributed by atoms with Gasteiger partial charge in [0.25, 0.3) is 0 Å². The highest BCUT2D eigenvalue weighted by molar-refractivity contribution is 5.95. The van der Waals surface area contributed by atoms with Gasteiger partial charge in [-0.25, -0.2) is 0 Å². The van der Waals surface area contributed by atoms with Gasteiger partial charge in [-0.15, -0.1) is 0 Å². The first-order chi connectivity index (χ1) is 9.16. The first-order valence-corrected chi connectivity index (χ1v) is 6.33. The summed E-state index contributed by atoms with van der Waals surface area (Å²) in [6.07, 6.45) is 6.03. The van der Waals surface area contributed by atoms with Gasteiger partial charge in [-0.1, -0.05) is 30.3 Å². The molecule has 0 spiro atoms. The van der Waals surface area contributed by atoms with Crippen LogP contribution < -0.4 is 0 Å². The molecule has 2 heteroatoms. The molecule has 2 nitrogen and oxygen atoms in total. The quantitative estimate of drug-likeness (QED) is 0.777. The fourth-order valence-electron chi connectivity index (χ4n) is 2.13. The molecule has 0 unspecified atom stereocenters. The lowest BCUT2D eigenvalue weighted by Gasteiger charge is -2.10. The molecule has 0 atom stereocenters. The molecule has 0 aliphatic heterocycles. The van der Waals surface area contributed by atoms with Crippen molar-refractivity contribution in [1.82, 2.24) is 4.98 Å². The number of carbonyl (C=O) groups excluding carboxylic acids is 1. The summed E-state index contributed by atoms with van der Waals surface area (Å²) in [6, 6.07) is 12.1. The van der Waals surface area contributed by atoms with Crippen LogP contribution in [0.5, 0.6) is 0 Å². The highest BCUT2D eigenvalue weighted by Crippen LogP contribution is 2.22. The number of ketones is 1. The van der Waals surface area contributed by atoms with Crippen LogP contribution >= 0.6 is 0 Å². The SMILES string of the molecule is CC(=O)/C=C(/Cc1cccnc1)c1ccccc1C. The molecule has 1 aromatic heterocycles. The molecule has 2 rings (SSSR count). The third-order valence-corrected chi connectivity index (χ3v) is 2.99. The minimum Gasteiger partial charge on any atom is -0.295 e. The van der Waals surface area contributed by atoms with Crippen molar-refractivity contribution in [3.8, 4) is 0 Å². The number of pyridine rings is 1. The van der Waals surface area contributed by atoms with Crippen LogP contribution in [-0.2, 0) is 11.2 Å². The van der Waals surface area contributed by atoms with Gasteiger partial charge in [0.1, 0.15) is 0 Å². The Labute approximate surface area is 113 Å². The van der Waals surface area contributed by atoms with Crippen LogP contribution in [0.4, 0.5) is 0 Å². The Bertz CT molecular complexity index is 600. The van der Waals surface area contributed by atoms with Crippen molar-refractivity contribution in [3.05, 3.63) is 71.6 Å². The van der Waals surface area contributed by atoms with Gasteiger partial charge in [0, 0.05) is 12.4 Å². The van der Waals surface area contributed by atoms with Gasteiger partial charge in [-0.3, -0.25) is 9.78 Å². The summed E-state index contributed by atoms with van der Waals surface area (Å²) in [7, 11) is 0. The van der Waals surface area contributed by atoms with E-state index in [0.29, 0.717) is 0 Å². The number of carbonyl (C=O) groups is 1. The van der Waals surface area contributed by atoms with Crippen LogP contribution in [0.3, 0.4) is 0 Å². The van der Waals surface area contributed by atoms with Gasteiger partial charge >= 0.3 is 0 Å². The van der Waals surface area contributed by atoms with Crippen molar-refractivity contribution in [3.63, 3.8) is 0 Å². The monoisotopic (exact) mass is 251 g/mol. The summed E-state index contributed by atoms with van der Waals surface area (Å²) < 4.78 is 0. The molecule has 96 valence electrons. The lowest BCUT2D eigenvalue weighted by atomic mass is 9.94. The Morgan fingerprint density at radius 2 is 2.00 bits per heavy atom. The summed E-state index contributed by atoms with van der Waals surface area (Å²) in [5.41, 5.74) is 4.46.